The van der Waals surface area contributed by atoms with Crippen molar-refractivity contribution in [2.24, 2.45) is 0 Å². The molecule has 0 aliphatic carbocycles. The predicted octanol–water partition coefficient (Wildman–Crippen LogP) is 2.66. The quantitative estimate of drug-likeness (QED) is 0.546. The van der Waals surface area contributed by atoms with E-state index in [1.165, 1.54) is 0 Å². The Morgan fingerprint density at radius 1 is 1.50 bits per heavy atom. The number of hydrogen-bond acceptors (Lipinski definition) is 3. The first kappa shape index (κ1) is 10.7. The molecular weight excluding hydrogens is 225 g/mol. The van der Waals surface area contributed by atoms with Gasteiger partial charge in [-0.25, -0.2) is 4.98 Å². The molecule has 1 aromatic heterocycles. The zero-order valence-electron chi connectivity index (χ0n) is 6.38. The average Bonchev–Trinajstić information content (AvgIpc) is 2.02. The SMILES string of the molecule is O=[N+]([O-])c1cc(C(F)(F)F)ncc1Cl. The standard InChI is InChI=1S/C6H2ClF3N2O2/c7-3-2-11-5(6(8,9)10)1-4(3)12(13)14/h1-2H. The van der Waals surface area contributed by atoms with Crippen LogP contribution in [0.25, 0.3) is 0 Å². The maximum Gasteiger partial charge on any atom is 0.433 e. The number of nitrogens with zero attached hydrogens (tertiary/aromatic N) is 2. The van der Waals surface area contributed by atoms with Gasteiger partial charge in [-0.2, -0.15) is 13.2 Å². The smallest absolute Gasteiger partial charge is 0.258 e. The summed E-state index contributed by atoms with van der Waals surface area (Å²) in [5.74, 6) is 0. The van der Waals surface area contributed by atoms with Gasteiger partial charge in [0.15, 0.2) is 5.69 Å². The molecule has 14 heavy (non-hydrogen) atoms. The van der Waals surface area contributed by atoms with E-state index in [2.05, 4.69) is 4.98 Å². The molecule has 0 fully saturated rings. The second-order valence-corrected chi connectivity index (χ2v) is 2.68. The van der Waals surface area contributed by atoms with Crippen LogP contribution in [0.15, 0.2) is 12.3 Å². The second-order valence-electron chi connectivity index (χ2n) is 2.28. The fourth-order valence-corrected chi connectivity index (χ4v) is 0.895. The van der Waals surface area contributed by atoms with Crippen LogP contribution in [-0.4, -0.2) is 9.91 Å². The van der Waals surface area contributed by atoms with Gasteiger partial charge in [-0.1, -0.05) is 11.6 Å². The van der Waals surface area contributed by atoms with Gasteiger partial charge < -0.3 is 0 Å². The summed E-state index contributed by atoms with van der Waals surface area (Å²) >= 11 is 5.27. The van der Waals surface area contributed by atoms with E-state index in [1.807, 2.05) is 0 Å². The van der Waals surface area contributed by atoms with Gasteiger partial charge in [-0.05, 0) is 0 Å². The molecule has 0 atom stereocenters. The van der Waals surface area contributed by atoms with E-state index in [0.29, 0.717) is 12.3 Å². The second kappa shape index (κ2) is 3.41. The lowest BCUT2D eigenvalue weighted by Crippen LogP contribution is -2.08. The van der Waals surface area contributed by atoms with E-state index >= 15 is 0 Å². The average molecular weight is 227 g/mol. The Morgan fingerprint density at radius 2 is 2.07 bits per heavy atom. The minimum Gasteiger partial charge on any atom is -0.258 e. The van der Waals surface area contributed by atoms with Gasteiger partial charge in [0.2, 0.25) is 0 Å². The molecule has 0 amide bonds. The third kappa shape index (κ3) is 2.11. The highest BCUT2D eigenvalue weighted by Gasteiger charge is 2.34. The highest BCUT2D eigenvalue weighted by atomic mass is 35.5. The van der Waals surface area contributed by atoms with Crippen molar-refractivity contribution in [3.05, 3.63) is 33.1 Å². The summed E-state index contributed by atoms with van der Waals surface area (Å²) in [6, 6.07) is 0.294. The molecule has 1 rings (SSSR count). The topological polar surface area (TPSA) is 56.0 Å². The Balaban J connectivity index is 3.27. The minimum absolute atomic E-state index is 0.294. The largest absolute Gasteiger partial charge is 0.433 e. The fourth-order valence-electron chi connectivity index (χ4n) is 0.723. The maximum atomic E-state index is 12.0. The Kier molecular flexibility index (Phi) is 2.61. The number of nitro groups is 1. The van der Waals surface area contributed by atoms with Crippen LogP contribution in [0.4, 0.5) is 18.9 Å². The van der Waals surface area contributed by atoms with Crippen molar-refractivity contribution in [2.45, 2.75) is 6.18 Å². The first-order chi connectivity index (χ1) is 6.32. The molecule has 0 bridgehead atoms. The van der Waals surface area contributed by atoms with Crippen LogP contribution in [0.5, 0.6) is 0 Å². The van der Waals surface area contributed by atoms with Crippen LogP contribution < -0.4 is 0 Å². The first-order valence-corrected chi connectivity index (χ1v) is 3.57. The molecule has 0 aliphatic heterocycles. The molecule has 4 nitrogen and oxygen atoms in total. The molecule has 1 heterocycles. The van der Waals surface area contributed by atoms with Gasteiger partial charge in [0.25, 0.3) is 5.69 Å². The van der Waals surface area contributed by atoms with E-state index in [9.17, 15) is 23.3 Å². The Morgan fingerprint density at radius 3 is 2.50 bits per heavy atom. The lowest BCUT2D eigenvalue weighted by atomic mass is 10.3. The Labute approximate surface area is 80.5 Å². The van der Waals surface area contributed by atoms with Gasteiger partial charge in [0.1, 0.15) is 5.02 Å². The van der Waals surface area contributed by atoms with Crippen molar-refractivity contribution in [3.63, 3.8) is 0 Å². The van der Waals surface area contributed by atoms with Crippen LogP contribution in [0.1, 0.15) is 5.69 Å². The van der Waals surface area contributed by atoms with Gasteiger partial charge in [-0.3, -0.25) is 10.1 Å². The van der Waals surface area contributed by atoms with Gasteiger partial charge in [0.05, 0.1) is 11.1 Å². The zero-order valence-corrected chi connectivity index (χ0v) is 7.13. The van der Waals surface area contributed by atoms with Crippen molar-refractivity contribution in [3.8, 4) is 0 Å². The molecule has 0 saturated carbocycles. The number of alkyl halides is 3. The third-order valence-electron chi connectivity index (χ3n) is 1.32. The Hall–Kier alpha value is -1.37. The number of rotatable bonds is 1. The minimum atomic E-state index is -4.71. The van der Waals surface area contributed by atoms with Crippen molar-refractivity contribution >= 4 is 17.3 Å². The summed E-state index contributed by atoms with van der Waals surface area (Å²) in [4.78, 5) is 12.2. The van der Waals surface area contributed by atoms with Crippen molar-refractivity contribution in [1.29, 1.82) is 0 Å². The zero-order chi connectivity index (χ0) is 10.9. The lowest BCUT2D eigenvalue weighted by Gasteiger charge is -2.04. The van der Waals surface area contributed by atoms with E-state index < -0.39 is 27.5 Å². The van der Waals surface area contributed by atoms with Crippen LogP contribution in [0.3, 0.4) is 0 Å². The van der Waals surface area contributed by atoms with Crippen LogP contribution in [0, 0.1) is 10.1 Å². The third-order valence-corrected chi connectivity index (χ3v) is 1.61. The molecular formula is C6H2ClF3N2O2. The van der Waals surface area contributed by atoms with Crippen LogP contribution in [-0.2, 0) is 6.18 Å². The van der Waals surface area contributed by atoms with E-state index in [-0.39, 0.29) is 0 Å². The maximum absolute atomic E-state index is 12.0. The summed E-state index contributed by atoms with van der Waals surface area (Å²) in [6.07, 6.45) is -4.11. The summed E-state index contributed by atoms with van der Waals surface area (Å²) in [6.45, 7) is 0. The molecule has 0 unspecified atom stereocenters. The molecule has 76 valence electrons. The highest BCUT2D eigenvalue weighted by Crippen LogP contribution is 2.32. The van der Waals surface area contributed by atoms with Crippen molar-refractivity contribution in [1.82, 2.24) is 4.98 Å². The van der Waals surface area contributed by atoms with Crippen LogP contribution in [0.2, 0.25) is 5.02 Å². The molecule has 0 N–H and O–H groups in total. The number of hydrogen-bond donors (Lipinski definition) is 0. The van der Waals surface area contributed by atoms with Crippen molar-refractivity contribution < 1.29 is 18.1 Å². The monoisotopic (exact) mass is 226 g/mol. The summed E-state index contributed by atoms with van der Waals surface area (Å²) in [5.41, 5.74) is -2.15. The number of pyridine rings is 1. The lowest BCUT2D eigenvalue weighted by molar-refractivity contribution is -0.385. The summed E-state index contributed by atoms with van der Waals surface area (Å²) in [7, 11) is 0. The first-order valence-electron chi connectivity index (χ1n) is 3.19. The van der Waals surface area contributed by atoms with E-state index in [1.54, 1.807) is 0 Å². The molecule has 0 spiro atoms. The Bertz CT molecular complexity index is 380. The van der Waals surface area contributed by atoms with Crippen LogP contribution >= 0.6 is 11.6 Å². The normalized spacial score (nSPS) is 11.4. The fraction of sp³-hybridized carbons (Fsp3) is 0.167. The van der Waals surface area contributed by atoms with E-state index in [4.69, 9.17) is 11.6 Å². The molecule has 0 aromatic carbocycles. The van der Waals surface area contributed by atoms with Gasteiger partial charge >= 0.3 is 6.18 Å². The number of halogens is 4. The highest BCUT2D eigenvalue weighted by molar-refractivity contribution is 6.32. The molecule has 1 aromatic rings. The molecule has 8 heteroatoms. The van der Waals surface area contributed by atoms with Gasteiger partial charge in [-0.15, -0.1) is 0 Å². The molecule has 0 radical (unpaired) electrons. The molecule has 0 aliphatic rings. The molecule has 0 saturated heterocycles. The number of aromatic nitrogens is 1. The van der Waals surface area contributed by atoms with E-state index in [0.717, 1.165) is 0 Å². The summed E-state index contributed by atoms with van der Waals surface area (Å²) < 4.78 is 36.1. The predicted molar refractivity (Wildman–Crippen MR) is 40.9 cm³/mol. The van der Waals surface area contributed by atoms with Crippen molar-refractivity contribution in [2.75, 3.05) is 0 Å². The van der Waals surface area contributed by atoms with Gasteiger partial charge in [0, 0.05) is 6.07 Å². The summed E-state index contributed by atoms with van der Waals surface area (Å²) in [5, 5.41) is 9.80.